The molecule has 1 rings (SSSR count). The minimum Gasteiger partial charge on any atom is -0.476 e. The lowest BCUT2D eigenvalue weighted by Gasteiger charge is -2.08. The highest BCUT2D eigenvalue weighted by Crippen LogP contribution is 2.21. The minimum atomic E-state index is -2.55. The first-order chi connectivity index (χ1) is 6.52. The number of hydrogen-bond donors (Lipinski definition) is 1. The molecule has 14 heavy (non-hydrogen) atoms. The Bertz CT molecular complexity index is 352. The molecule has 0 fully saturated rings. The Morgan fingerprint density at radius 2 is 2.21 bits per heavy atom. The molecule has 76 valence electrons. The molecule has 1 atom stereocenters. The van der Waals surface area contributed by atoms with E-state index in [0.29, 0.717) is 0 Å². The van der Waals surface area contributed by atoms with E-state index in [1.54, 1.807) is 0 Å². The van der Waals surface area contributed by atoms with Crippen molar-refractivity contribution in [2.24, 2.45) is 0 Å². The van der Waals surface area contributed by atoms with Gasteiger partial charge in [0.15, 0.2) is 11.6 Å². The van der Waals surface area contributed by atoms with E-state index < -0.39 is 23.9 Å². The van der Waals surface area contributed by atoms with Gasteiger partial charge in [-0.05, 0) is 18.6 Å². The number of carbonyl (C=O) groups is 1. The Kier molecular flexibility index (Phi) is 3.01. The van der Waals surface area contributed by atoms with Gasteiger partial charge in [0.05, 0.1) is 0 Å². The normalized spacial score (nSPS) is 12.2. The second kappa shape index (κ2) is 4.04. The third kappa shape index (κ3) is 2.18. The molecular formula is C9H8F2O3. The highest BCUT2D eigenvalue weighted by molar-refractivity contribution is 5.70. The number of ether oxygens (including phenoxy) is 1. The summed E-state index contributed by atoms with van der Waals surface area (Å²) in [5, 5.41) is 8.18. The highest BCUT2D eigenvalue weighted by Gasteiger charge is 2.19. The molecule has 1 aromatic rings. The lowest BCUT2D eigenvalue weighted by atomic mass is 10.2. The van der Waals surface area contributed by atoms with Crippen molar-refractivity contribution >= 4 is 5.97 Å². The summed E-state index contributed by atoms with van der Waals surface area (Å²) >= 11 is 0. The van der Waals surface area contributed by atoms with Crippen molar-refractivity contribution in [1.29, 1.82) is 0 Å². The van der Waals surface area contributed by atoms with Crippen LogP contribution in [0.15, 0.2) is 18.2 Å². The van der Waals surface area contributed by atoms with Crippen LogP contribution in [-0.2, 0) is 4.79 Å². The van der Waals surface area contributed by atoms with Gasteiger partial charge in [-0.15, -0.1) is 0 Å². The van der Waals surface area contributed by atoms with Crippen LogP contribution in [0.25, 0.3) is 0 Å². The maximum atomic E-state index is 13.1. The molecule has 0 aliphatic carbocycles. The van der Waals surface area contributed by atoms with Crippen LogP contribution >= 0.6 is 0 Å². The monoisotopic (exact) mass is 202 g/mol. The Labute approximate surface area is 78.9 Å². The van der Waals surface area contributed by atoms with Crippen LogP contribution in [0.1, 0.15) is 5.56 Å². The van der Waals surface area contributed by atoms with E-state index in [9.17, 15) is 13.6 Å². The summed E-state index contributed by atoms with van der Waals surface area (Å²) in [5.74, 6) is -2.94. The van der Waals surface area contributed by atoms with Crippen molar-refractivity contribution in [3.63, 3.8) is 0 Å². The van der Waals surface area contributed by atoms with Crippen molar-refractivity contribution < 1.29 is 23.4 Å². The summed E-state index contributed by atoms with van der Waals surface area (Å²) in [6.45, 7) is 1.47. The van der Waals surface area contributed by atoms with Gasteiger partial charge in [0, 0.05) is 0 Å². The van der Waals surface area contributed by atoms with E-state index in [2.05, 4.69) is 4.74 Å². The van der Waals surface area contributed by atoms with Gasteiger partial charge in [-0.3, -0.25) is 0 Å². The Morgan fingerprint density at radius 3 is 2.79 bits per heavy atom. The zero-order valence-corrected chi connectivity index (χ0v) is 7.33. The Hall–Kier alpha value is -1.65. The fourth-order valence-electron chi connectivity index (χ4n) is 0.873. The summed E-state index contributed by atoms with van der Waals surface area (Å²) in [4.78, 5) is 10.1. The van der Waals surface area contributed by atoms with Gasteiger partial charge in [-0.25, -0.2) is 9.18 Å². The number of aryl methyl sites for hydroxylation is 1. The summed E-state index contributed by atoms with van der Waals surface area (Å²) in [7, 11) is 0. The third-order valence-corrected chi connectivity index (χ3v) is 1.58. The molecule has 0 radical (unpaired) electrons. The van der Waals surface area contributed by atoms with Crippen LogP contribution in [0.3, 0.4) is 0 Å². The van der Waals surface area contributed by atoms with Crippen LogP contribution in [-0.4, -0.2) is 17.4 Å². The predicted octanol–water partition coefficient (Wildman–Crippen LogP) is 1.89. The molecule has 0 aliphatic rings. The molecule has 0 heterocycles. The van der Waals surface area contributed by atoms with Crippen molar-refractivity contribution in [1.82, 2.24) is 0 Å². The van der Waals surface area contributed by atoms with Crippen LogP contribution in [0.2, 0.25) is 0 Å². The fraction of sp³-hybridized carbons (Fsp3) is 0.222. The molecule has 5 heteroatoms. The van der Waals surface area contributed by atoms with Crippen LogP contribution in [0.4, 0.5) is 8.78 Å². The first kappa shape index (κ1) is 10.4. The predicted molar refractivity (Wildman–Crippen MR) is 44.3 cm³/mol. The lowest BCUT2D eigenvalue weighted by molar-refractivity contribution is -0.153. The molecule has 3 nitrogen and oxygen atoms in total. The number of halogens is 2. The lowest BCUT2D eigenvalue weighted by Crippen LogP contribution is -2.21. The minimum absolute atomic E-state index is 0.264. The zero-order chi connectivity index (χ0) is 10.7. The summed E-state index contributed by atoms with van der Waals surface area (Å²) in [6.07, 6.45) is -2.55. The van der Waals surface area contributed by atoms with E-state index in [0.717, 1.165) is 6.07 Å². The van der Waals surface area contributed by atoms with E-state index in [4.69, 9.17) is 5.11 Å². The largest absolute Gasteiger partial charge is 0.476 e. The molecule has 0 bridgehead atoms. The maximum Gasteiger partial charge on any atom is 0.378 e. The highest BCUT2D eigenvalue weighted by atomic mass is 19.1. The topological polar surface area (TPSA) is 46.5 Å². The number of alkyl halides is 1. The molecule has 0 spiro atoms. The van der Waals surface area contributed by atoms with Crippen molar-refractivity contribution in [3.05, 3.63) is 29.6 Å². The first-order valence-electron chi connectivity index (χ1n) is 3.81. The van der Waals surface area contributed by atoms with Gasteiger partial charge < -0.3 is 9.84 Å². The molecule has 0 aliphatic heterocycles. The molecule has 1 unspecified atom stereocenters. The van der Waals surface area contributed by atoms with Crippen molar-refractivity contribution in [2.75, 3.05) is 0 Å². The maximum absolute atomic E-state index is 13.1. The van der Waals surface area contributed by atoms with Crippen LogP contribution < -0.4 is 4.74 Å². The SMILES string of the molecule is Cc1cccc(OC(F)C(=O)O)c1F. The quantitative estimate of drug-likeness (QED) is 0.814. The van der Waals surface area contributed by atoms with Gasteiger partial charge in [-0.1, -0.05) is 12.1 Å². The molecule has 1 aromatic carbocycles. The molecule has 0 amide bonds. The van der Waals surface area contributed by atoms with Crippen molar-refractivity contribution in [3.8, 4) is 5.75 Å². The van der Waals surface area contributed by atoms with E-state index in [1.165, 1.54) is 19.1 Å². The van der Waals surface area contributed by atoms with Crippen LogP contribution in [0.5, 0.6) is 5.75 Å². The molecular weight excluding hydrogens is 194 g/mol. The number of carboxylic acids is 1. The zero-order valence-electron chi connectivity index (χ0n) is 7.33. The van der Waals surface area contributed by atoms with Gasteiger partial charge in [0.1, 0.15) is 0 Å². The number of aliphatic carboxylic acids is 1. The van der Waals surface area contributed by atoms with E-state index >= 15 is 0 Å². The van der Waals surface area contributed by atoms with Gasteiger partial charge in [0.25, 0.3) is 0 Å². The number of carboxylic acid groups (broad SMARTS) is 1. The van der Waals surface area contributed by atoms with E-state index in [-0.39, 0.29) is 5.56 Å². The average molecular weight is 202 g/mol. The summed E-state index contributed by atoms with van der Waals surface area (Å²) in [6, 6.07) is 4.08. The van der Waals surface area contributed by atoms with Gasteiger partial charge >= 0.3 is 12.3 Å². The van der Waals surface area contributed by atoms with Gasteiger partial charge in [0.2, 0.25) is 0 Å². The fourth-order valence-corrected chi connectivity index (χ4v) is 0.873. The molecule has 0 saturated heterocycles. The molecule has 1 N–H and O–H groups in total. The number of rotatable bonds is 3. The second-order valence-corrected chi connectivity index (χ2v) is 2.66. The average Bonchev–Trinajstić information content (AvgIpc) is 2.12. The smallest absolute Gasteiger partial charge is 0.378 e. The van der Waals surface area contributed by atoms with Crippen LogP contribution in [0, 0.1) is 12.7 Å². The summed E-state index contributed by atoms with van der Waals surface area (Å²) < 4.78 is 29.9. The van der Waals surface area contributed by atoms with Crippen molar-refractivity contribution in [2.45, 2.75) is 13.3 Å². The third-order valence-electron chi connectivity index (χ3n) is 1.58. The van der Waals surface area contributed by atoms with Gasteiger partial charge in [-0.2, -0.15) is 4.39 Å². The van der Waals surface area contributed by atoms with E-state index in [1.807, 2.05) is 0 Å². The number of hydrogen-bond acceptors (Lipinski definition) is 2. The molecule has 0 aromatic heterocycles. The number of benzene rings is 1. The Morgan fingerprint density at radius 1 is 1.57 bits per heavy atom. The summed E-state index contributed by atoms with van der Waals surface area (Å²) in [5.41, 5.74) is 0.264. The first-order valence-corrected chi connectivity index (χ1v) is 3.81. The Balaban J connectivity index is 2.87. The standard InChI is InChI=1S/C9H8F2O3/c1-5-3-2-4-6(7(5)10)14-8(11)9(12)13/h2-4,8H,1H3,(H,12,13). The second-order valence-electron chi connectivity index (χ2n) is 2.66. The molecule has 0 saturated carbocycles.